The predicted octanol–water partition coefficient (Wildman–Crippen LogP) is 1.00. The average Bonchev–Trinajstić information content (AvgIpc) is 2.71. The molecule has 2 aromatic heterocycles. The molecule has 5 heteroatoms. The van der Waals surface area contributed by atoms with Crippen molar-refractivity contribution in [1.29, 1.82) is 5.26 Å². The van der Waals surface area contributed by atoms with Gasteiger partial charge in [-0.3, -0.25) is 0 Å². The third-order valence-corrected chi connectivity index (χ3v) is 1.47. The van der Waals surface area contributed by atoms with E-state index < -0.39 is 0 Å². The number of rotatable bonds is 1. The van der Waals surface area contributed by atoms with Gasteiger partial charge in [-0.1, -0.05) is 0 Å². The van der Waals surface area contributed by atoms with Crippen LogP contribution in [0.4, 0.5) is 0 Å². The lowest BCUT2D eigenvalue weighted by molar-refractivity contribution is 0.566. The maximum atomic E-state index is 8.52. The van der Waals surface area contributed by atoms with Crippen LogP contribution in [0.1, 0.15) is 5.56 Å². The molecule has 5 nitrogen and oxygen atoms in total. The topological polar surface area (TPSA) is 75.6 Å². The molecule has 13 heavy (non-hydrogen) atoms. The summed E-state index contributed by atoms with van der Waals surface area (Å²) in [6.07, 6.45) is 2.69. The van der Waals surface area contributed by atoms with Crippen LogP contribution in [0, 0.1) is 11.3 Å². The monoisotopic (exact) mass is 172 g/mol. The summed E-state index contributed by atoms with van der Waals surface area (Å²) in [6, 6.07) is 5.27. The molecule has 0 bridgehead atoms. The predicted molar refractivity (Wildman–Crippen MR) is 42.2 cm³/mol. The van der Waals surface area contributed by atoms with Gasteiger partial charge in [0.25, 0.3) is 5.89 Å². The summed E-state index contributed by atoms with van der Waals surface area (Å²) in [7, 11) is 0. The second-order valence-electron chi connectivity index (χ2n) is 2.29. The van der Waals surface area contributed by atoms with Crippen molar-refractivity contribution in [2.75, 3.05) is 0 Å². The van der Waals surface area contributed by atoms with Gasteiger partial charge in [0, 0.05) is 6.20 Å². The van der Waals surface area contributed by atoms with E-state index in [4.69, 9.17) is 9.68 Å². The van der Waals surface area contributed by atoms with E-state index in [1.165, 1.54) is 12.6 Å². The Kier molecular flexibility index (Phi) is 1.73. The van der Waals surface area contributed by atoms with Crippen molar-refractivity contribution >= 4 is 0 Å². The highest BCUT2D eigenvalue weighted by Crippen LogP contribution is 2.12. The van der Waals surface area contributed by atoms with E-state index in [1.54, 1.807) is 12.1 Å². The first-order valence-electron chi connectivity index (χ1n) is 3.53. The third-order valence-electron chi connectivity index (χ3n) is 1.47. The van der Waals surface area contributed by atoms with Crippen molar-refractivity contribution < 1.29 is 4.42 Å². The van der Waals surface area contributed by atoms with Crippen molar-refractivity contribution in [2.45, 2.75) is 0 Å². The highest BCUT2D eigenvalue weighted by atomic mass is 16.4. The summed E-state index contributed by atoms with van der Waals surface area (Å²) in [6.45, 7) is 0. The highest BCUT2D eigenvalue weighted by molar-refractivity contribution is 5.47. The molecule has 0 amide bonds. The fourth-order valence-corrected chi connectivity index (χ4v) is 0.871. The van der Waals surface area contributed by atoms with Gasteiger partial charge in [-0.05, 0) is 12.1 Å². The minimum absolute atomic E-state index is 0.351. The quantitative estimate of drug-likeness (QED) is 0.641. The summed E-state index contributed by atoms with van der Waals surface area (Å²) in [4.78, 5) is 3.97. The van der Waals surface area contributed by atoms with Crippen LogP contribution in [-0.4, -0.2) is 15.2 Å². The van der Waals surface area contributed by atoms with Gasteiger partial charge in [0.1, 0.15) is 11.8 Å². The Labute approximate surface area is 73.7 Å². The molecule has 2 rings (SSSR count). The molecule has 0 aromatic carbocycles. The molecular weight excluding hydrogens is 168 g/mol. The van der Waals surface area contributed by atoms with Crippen LogP contribution in [-0.2, 0) is 0 Å². The fourth-order valence-electron chi connectivity index (χ4n) is 0.871. The molecule has 0 aliphatic carbocycles. The van der Waals surface area contributed by atoms with Gasteiger partial charge in [-0.2, -0.15) is 5.26 Å². The van der Waals surface area contributed by atoms with Crippen LogP contribution in [0.25, 0.3) is 11.6 Å². The van der Waals surface area contributed by atoms with Gasteiger partial charge in [-0.25, -0.2) is 4.98 Å². The van der Waals surface area contributed by atoms with Gasteiger partial charge >= 0.3 is 0 Å². The summed E-state index contributed by atoms with van der Waals surface area (Å²) in [5, 5.41) is 15.7. The second-order valence-corrected chi connectivity index (χ2v) is 2.29. The highest BCUT2D eigenvalue weighted by Gasteiger charge is 2.03. The van der Waals surface area contributed by atoms with Crippen LogP contribution in [0.3, 0.4) is 0 Å². The Morgan fingerprint density at radius 2 is 2.31 bits per heavy atom. The van der Waals surface area contributed by atoms with Crippen molar-refractivity contribution in [1.82, 2.24) is 15.2 Å². The average molecular weight is 172 g/mol. The Morgan fingerprint density at radius 3 is 2.85 bits per heavy atom. The number of hydrogen-bond donors (Lipinski definition) is 0. The normalized spacial score (nSPS) is 9.46. The Hall–Kier alpha value is -2.22. The standard InChI is InChI=1S/C8H4N4O/c9-3-6-1-2-7(10-4-6)8-12-11-5-13-8/h1-2,4-5H. The molecule has 0 spiro atoms. The fraction of sp³-hybridized carbons (Fsp3) is 0. The lowest BCUT2D eigenvalue weighted by atomic mass is 10.3. The SMILES string of the molecule is N#Cc1ccc(-c2nnco2)nc1. The molecule has 0 fully saturated rings. The summed E-state index contributed by atoms with van der Waals surface area (Å²) in [5.41, 5.74) is 1.07. The molecule has 0 unspecified atom stereocenters. The molecule has 62 valence electrons. The Bertz CT molecular complexity index is 426. The smallest absolute Gasteiger partial charge is 0.266 e. The van der Waals surface area contributed by atoms with Crippen LogP contribution < -0.4 is 0 Å². The molecule has 0 radical (unpaired) electrons. The van der Waals surface area contributed by atoms with E-state index in [0.717, 1.165) is 0 Å². The van der Waals surface area contributed by atoms with E-state index in [2.05, 4.69) is 15.2 Å². The van der Waals surface area contributed by atoms with Crippen LogP contribution in [0.15, 0.2) is 29.1 Å². The lowest BCUT2D eigenvalue weighted by Crippen LogP contribution is -1.84. The number of nitriles is 1. The molecule has 0 aliphatic rings. The zero-order valence-corrected chi connectivity index (χ0v) is 6.51. The van der Waals surface area contributed by atoms with E-state index in [1.807, 2.05) is 6.07 Å². The van der Waals surface area contributed by atoms with Gasteiger partial charge < -0.3 is 4.42 Å². The zero-order valence-electron chi connectivity index (χ0n) is 6.51. The van der Waals surface area contributed by atoms with Crippen LogP contribution in [0.5, 0.6) is 0 Å². The first-order valence-corrected chi connectivity index (χ1v) is 3.53. The van der Waals surface area contributed by atoms with Gasteiger partial charge in [0.05, 0.1) is 5.56 Å². The Morgan fingerprint density at radius 1 is 1.38 bits per heavy atom. The van der Waals surface area contributed by atoms with Crippen molar-refractivity contribution in [2.24, 2.45) is 0 Å². The van der Waals surface area contributed by atoms with Crippen molar-refractivity contribution in [3.63, 3.8) is 0 Å². The molecule has 0 atom stereocenters. The second kappa shape index (κ2) is 3.03. The van der Waals surface area contributed by atoms with E-state index in [9.17, 15) is 0 Å². The first kappa shape index (κ1) is 7.43. The summed E-state index contributed by atoms with van der Waals surface area (Å²) in [5.74, 6) is 0.351. The third kappa shape index (κ3) is 1.37. The van der Waals surface area contributed by atoms with Crippen molar-refractivity contribution in [3.05, 3.63) is 30.3 Å². The number of pyridine rings is 1. The number of aromatic nitrogens is 3. The Balaban J connectivity index is 2.40. The van der Waals surface area contributed by atoms with E-state index in [0.29, 0.717) is 17.1 Å². The molecule has 0 saturated carbocycles. The minimum Gasteiger partial charge on any atom is -0.422 e. The summed E-state index contributed by atoms with van der Waals surface area (Å²) >= 11 is 0. The molecule has 0 aliphatic heterocycles. The number of nitrogens with zero attached hydrogens (tertiary/aromatic N) is 4. The maximum absolute atomic E-state index is 8.52. The van der Waals surface area contributed by atoms with E-state index in [-0.39, 0.29) is 0 Å². The zero-order chi connectivity index (χ0) is 9.10. The largest absolute Gasteiger partial charge is 0.422 e. The molecule has 0 N–H and O–H groups in total. The van der Waals surface area contributed by atoms with Crippen molar-refractivity contribution in [3.8, 4) is 17.7 Å². The van der Waals surface area contributed by atoms with Crippen LogP contribution >= 0.6 is 0 Å². The molecule has 2 aromatic rings. The van der Waals surface area contributed by atoms with Crippen LogP contribution in [0.2, 0.25) is 0 Å². The minimum atomic E-state index is 0.351. The molecule has 0 saturated heterocycles. The maximum Gasteiger partial charge on any atom is 0.266 e. The van der Waals surface area contributed by atoms with Gasteiger partial charge in [-0.15, -0.1) is 10.2 Å². The molecule has 2 heterocycles. The number of hydrogen-bond acceptors (Lipinski definition) is 5. The summed E-state index contributed by atoms with van der Waals surface area (Å²) < 4.78 is 4.93. The van der Waals surface area contributed by atoms with E-state index >= 15 is 0 Å². The lowest BCUT2D eigenvalue weighted by Gasteiger charge is -1.91. The first-order chi connectivity index (χ1) is 6.40. The molecular formula is C8H4N4O. The van der Waals surface area contributed by atoms with Gasteiger partial charge in [0.2, 0.25) is 6.39 Å². The van der Waals surface area contributed by atoms with Gasteiger partial charge in [0.15, 0.2) is 0 Å².